The minimum atomic E-state index is -0.391. The average Bonchev–Trinajstić information content (AvgIpc) is 2.84. The van der Waals surface area contributed by atoms with Crippen LogP contribution in [0.5, 0.6) is 0 Å². The highest BCUT2D eigenvalue weighted by Gasteiger charge is 2.28. The summed E-state index contributed by atoms with van der Waals surface area (Å²) in [5, 5.41) is 3.32. The van der Waals surface area contributed by atoms with E-state index in [0.717, 1.165) is 30.6 Å². The molecule has 5 heteroatoms. The Kier molecular flexibility index (Phi) is 5.46. The standard InChI is InChI=1S/C20H22N2O3/c1-25-20(24)17-10-8-16(9-11-17)18-19(23)22(13-5-12-21-18)14-15-6-3-2-4-7-15/h2-4,6-11,18,21H,5,12-14H2,1H3. The van der Waals surface area contributed by atoms with Crippen molar-refractivity contribution >= 4 is 11.9 Å². The van der Waals surface area contributed by atoms with Crippen LogP contribution in [0.3, 0.4) is 0 Å². The van der Waals surface area contributed by atoms with E-state index in [-0.39, 0.29) is 11.9 Å². The molecule has 2 aromatic carbocycles. The lowest BCUT2D eigenvalue weighted by Gasteiger charge is -2.24. The molecular formula is C20H22N2O3. The van der Waals surface area contributed by atoms with Crippen LogP contribution in [0.4, 0.5) is 0 Å². The fourth-order valence-corrected chi connectivity index (χ4v) is 3.05. The highest BCUT2D eigenvalue weighted by molar-refractivity contribution is 5.89. The summed E-state index contributed by atoms with van der Waals surface area (Å²) in [7, 11) is 1.36. The minimum absolute atomic E-state index is 0.0622. The first-order chi connectivity index (χ1) is 12.2. The smallest absolute Gasteiger partial charge is 0.337 e. The third-order valence-corrected chi connectivity index (χ3v) is 4.39. The zero-order valence-electron chi connectivity index (χ0n) is 14.3. The van der Waals surface area contributed by atoms with Crippen LogP contribution >= 0.6 is 0 Å². The Morgan fingerprint density at radius 3 is 2.56 bits per heavy atom. The molecule has 0 bridgehead atoms. The molecule has 0 aromatic heterocycles. The number of carbonyl (C=O) groups excluding carboxylic acids is 2. The van der Waals surface area contributed by atoms with Crippen LogP contribution in [-0.2, 0) is 16.1 Å². The van der Waals surface area contributed by atoms with Gasteiger partial charge in [0, 0.05) is 13.1 Å². The number of hydrogen-bond acceptors (Lipinski definition) is 4. The fourth-order valence-electron chi connectivity index (χ4n) is 3.05. The molecule has 3 rings (SSSR count). The largest absolute Gasteiger partial charge is 0.465 e. The topological polar surface area (TPSA) is 58.6 Å². The molecule has 1 atom stereocenters. The van der Waals surface area contributed by atoms with Crippen molar-refractivity contribution < 1.29 is 14.3 Å². The number of esters is 1. The normalized spacial score (nSPS) is 17.9. The number of nitrogens with zero attached hydrogens (tertiary/aromatic N) is 1. The molecule has 0 radical (unpaired) electrons. The monoisotopic (exact) mass is 338 g/mol. The number of hydrogen-bond donors (Lipinski definition) is 1. The fraction of sp³-hybridized carbons (Fsp3) is 0.300. The summed E-state index contributed by atoms with van der Waals surface area (Å²) >= 11 is 0. The van der Waals surface area contributed by atoms with E-state index in [4.69, 9.17) is 4.74 Å². The molecule has 1 saturated heterocycles. The van der Waals surface area contributed by atoms with Crippen molar-refractivity contribution in [2.45, 2.75) is 19.0 Å². The summed E-state index contributed by atoms with van der Waals surface area (Å²) in [6.07, 6.45) is 0.912. The summed E-state index contributed by atoms with van der Waals surface area (Å²) in [5.41, 5.74) is 2.46. The Morgan fingerprint density at radius 2 is 1.88 bits per heavy atom. The number of benzene rings is 2. The maximum Gasteiger partial charge on any atom is 0.337 e. The summed E-state index contributed by atoms with van der Waals surface area (Å²) in [5.74, 6) is -0.315. The Hall–Kier alpha value is -2.66. The molecule has 0 spiro atoms. The van der Waals surface area contributed by atoms with E-state index in [9.17, 15) is 9.59 Å². The summed E-state index contributed by atoms with van der Waals surface area (Å²) in [4.78, 5) is 26.5. The van der Waals surface area contributed by atoms with Gasteiger partial charge in [0.25, 0.3) is 0 Å². The van der Waals surface area contributed by atoms with Crippen molar-refractivity contribution in [3.8, 4) is 0 Å². The van der Waals surface area contributed by atoms with Crippen LogP contribution in [0.1, 0.15) is 33.9 Å². The molecule has 130 valence electrons. The van der Waals surface area contributed by atoms with Crippen molar-refractivity contribution in [2.75, 3.05) is 20.2 Å². The lowest BCUT2D eigenvalue weighted by Crippen LogP contribution is -2.37. The van der Waals surface area contributed by atoms with Crippen LogP contribution in [0.25, 0.3) is 0 Å². The predicted octanol–water partition coefficient (Wildman–Crippen LogP) is 2.54. The molecule has 0 saturated carbocycles. The first kappa shape index (κ1) is 17.2. The Bertz CT molecular complexity index is 728. The van der Waals surface area contributed by atoms with Gasteiger partial charge in [0.2, 0.25) is 5.91 Å². The second-order valence-corrected chi connectivity index (χ2v) is 6.10. The molecule has 5 nitrogen and oxygen atoms in total. The lowest BCUT2D eigenvalue weighted by atomic mass is 10.0. The first-order valence-electron chi connectivity index (χ1n) is 8.43. The van der Waals surface area contributed by atoms with E-state index in [1.54, 1.807) is 12.1 Å². The Morgan fingerprint density at radius 1 is 1.16 bits per heavy atom. The van der Waals surface area contributed by atoms with Crippen molar-refractivity contribution in [3.05, 3.63) is 71.3 Å². The molecule has 1 fully saturated rings. The van der Waals surface area contributed by atoms with E-state index in [1.807, 2.05) is 47.4 Å². The third kappa shape index (κ3) is 4.06. The lowest BCUT2D eigenvalue weighted by molar-refractivity contribution is -0.133. The maximum absolute atomic E-state index is 13.0. The van der Waals surface area contributed by atoms with Crippen LogP contribution in [0.2, 0.25) is 0 Å². The Labute approximate surface area is 147 Å². The van der Waals surface area contributed by atoms with Crippen molar-refractivity contribution in [1.29, 1.82) is 0 Å². The summed E-state index contributed by atoms with van der Waals surface area (Å²) in [6.45, 7) is 2.12. The molecule has 0 aliphatic carbocycles. The highest BCUT2D eigenvalue weighted by Crippen LogP contribution is 2.21. The summed E-state index contributed by atoms with van der Waals surface area (Å²) < 4.78 is 4.72. The molecule has 1 aliphatic rings. The molecule has 1 amide bonds. The van der Waals surface area contributed by atoms with Crippen molar-refractivity contribution in [3.63, 3.8) is 0 Å². The number of carbonyl (C=O) groups is 2. The number of methoxy groups -OCH3 is 1. The van der Waals surface area contributed by atoms with Crippen LogP contribution in [0, 0.1) is 0 Å². The molecule has 2 aromatic rings. The van der Waals surface area contributed by atoms with Crippen molar-refractivity contribution in [1.82, 2.24) is 10.2 Å². The van der Waals surface area contributed by atoms with E-state index in [0.29, 0.717) is 12.1 Å². The van der Waals surface area contributed by atoms with Crippen molar-refractivity contribution in [2.24, 2.45) is 0 Å². The SMILES string of the molecule is COC(=O)c1ccc(C2NCCCN(Cc3ccccc3)C2=O)cc1. The van der Waals surface area contributed by atoms with Gasteiger partial charge in [0.1, 0.15) is 6.04 Å². The van der Waals surface area contributed by atoms with Gasteiger partial charge in [0.15, 0.2) is 0 Å². The van der Waals surface area contributed by atoms with E-state index in [1.165, 1.54) is 7.11 Å². The Balaban J connectivity index is 1.78. The third-order valence-electron chi connectivity index (χ3n) is 4.39. The molecule has 1 aliphatic heterocycles. The van der Waals surface area contributed by atoms with Gasteiger partial charge < -0.3 is 15.0 Å². The zero-order chi connectivity index (χ0) is 17.6. The van der Waals surface area contributed by atoms with Crippen LogP contribution in [0.15, 0.2) is 54.6 Å². The van der Waals surface area contributed by atoms with Gasteiger partial charge in [-0.05, 0) is 36.2 Å². The summed E-state index contributed by atoms with van der Waals surface area (Å²) in [6, 6.07) is 16.6. The highest BCUT2D eigenvalue weighted by atomic mass is 16.5. The van der Waals surface area contributed by atoms with Gasteiger partial charge in [-0.15, -0.1) is 0 Å². The second kappa shape index (κ2) is 7.94. The zero-order valence-corrected chi connectivity index (χ0v) is 14.3. The van der Waals surface area contributed by atoms with Gasteiger partial charge >= 0.3 is 5.97 Å². The van der Waals surface area contributed by atoms with Gasteiger partial charge in [-0.2, -0.15) is 0 Å². The maximum atomic E-state index is 13.0. The van der Waals surface area contributed by atoms with Gasteiger partial charge in [-0.1, -0.05) is 42.5 Å². The van der Waals surface area contributed by atoms with Gasteiger partial charge in [-0.3, -0.25) is 4.79 Å². The molecule has 25 heavy (non-hydrogen) atoms. The number of rotatable bonds is 4. The van der Waals surface area contributed by atoms with E-state index < -0.39 is 6.04 Å². The van der Waals surface area contributed by atoms with E-state index >= 15 is 0 Å². The van der Waals surface area contributed by atoms with E-state index in [2.05, 4.69) is 5.32 Å². The predicted molar refractivity (Wildman–Crippen MR) is 95.0 cm³/mol. The number of ether oxygens (including phenoxy) is 1. The molecular weight excluding hydrogens is 316 g/mol. The van der Waals surface area contributed by atoms with Crippen LogP contribution in [-0.4, -0.2) is 37.0 Å². The number of nitrogens with one attached hydrogen (secondary N) is 1. The molecule has 1 unspecified atom stereocenters. The quantitative estimate of drug-likeness (QED) is 0.871. The molecule has 1 N–H and O–H groups in total. The number of amides is 1. The minimum Gasteiger partial charge on any atom is -0.465 e. The second-order valence-electron chi connectivity index (χ2n) is 6.10. The van der Waals surface area contributed by atoms with Gasteiger partial charge in [0.05, 0.1) is 12.7 Å². The van der Waals surface area contributed by atoms with Gasteiger partial charge in [-0.25, -0.2) is 4.79 Å². The average molecular weight is 338 g/mol. The van der Waals surface area contributed by atoms with Crippen LogP contribution < -0.4 is 5.32 Å². The molecule has 1 heterocycles. The first-order valence-corrected chi connectivity index (χ1v) is 8.43.